The highest BCUT2D eigenvalue weighted by Gasteiger charge is 2.32. The number of aryl methyl sites for hydroxylation is 1. The highest BCUT2D eigenvalue weighted by atomic mass is 16.4. The average molecular weight is 286 g/mol. The quantitative estimate of drug-likeness (QED) is 0.812. The molecule has 2 aliphatic rings. The molecular formula is C19H26O2. The molecule has 3 rings (SSSR count). The fraction of sp³-hybridized carbons (Fsp3) is 0.632. The summed E-state index contributed by atoms with van der Waals surface area (Å²) >= 11 is 0. The maximum absolute atomic E-state index is 11.6. The Kier molecular flexibility index (Phi) is 4.62. The van der Waals surface area contributed by atoms with E-state index in [1.807, 2.05) is 0 Å². The number of carboxylic acids is 1. The number of hydrogen-bond acceptors (Lipinski definition) is 1. The summed E-state index contributed by atoms with van der Waals surface area (Å²) in [6, 6.07) is 8.79. The van der Waals surface area contributed by atoms with E-state index in [4.69, 9.17) is 0 Å². The fourth-order valence-electron chi connectivity index (χ4n) is 4.46. The summed E-state index contributed by atoms with van der Waals surface area (Å²) in [5, 5.41) is 9.56. The molecule has 0 spiro atoms. The molecule has 1 aromatic rings. The summed E-state index contributed by atoms with van der Waals surface area (Å²) in [6.45, 7) is 0. The van der Waals surface area contributed by atoms with Gasteiger partial charge in [0.2, 0.25) is 0 Å². The van der Waals surface area contributed by atoms with Gasteiger partial charge >= 0.3 is 5.97 Å². The van der Waals surface area contributed by atoms with Crippen LogP contribution in [0.4, 0.5) is 0 Å². The molecule has 0 aromatic heterocycles. The van der Waals surface area contributed by atoms with Gasteiger partial charge in [0.25, 0.3) is 0 Å². The smallest absolute Gasteiger partial charge is 0.306 e. The second kappa shape index (κ2) is 6.64. The van der Waals surface area contributed by atoms with E-state index < -0.39 is 5.97 Å². The van der Waals surface area contributed by atoms with Gasteiger partial charge in [0, 0.05) is 0 Å². The largest absolute Gasteiger partial charge is 0.481 e. The van der Waals surface area contributed by atoms with E-state index in [-0.39, 0.29) is 5.92 Å². The Morgan fingerprint density at radius 2 is 1.86 bits per heavy atom. The third-order valence-electron chi connectivity index (χ3n) is 5.56. The molecule has 0 radical (unpaired) electrons. The summed E-state index contributed by atoms with van der Waals surface area (Å²) in [5.74, 6) is 0.286. The van der Waals surface area contributed by atoms with Gasteiger partial charge in [0.1, 0.15) is 0 Å². The van der Waals surface area contributed by atoms with Crippen molar-refractivity contribution >= 4 is 5.97 Å². The van der Waals surface area contributed by atoms with Gasteiger partial charge in [-0.25, -0.2) is 0 Å². The van der Waals surface area contributed by atoms with Crippen molar-refractivity contribution in [2.75, 3.05) is 0 Å². The zero-order chi connectivity index (χ0) is 14.7. The standard InChI is InChI=1S/C19H26O2/c20-19(21)18-12-3-1-2-8-16(18)13-15-10-6-9-14-7-4-5-11-17(14)15/h4-5,7,11,15-16,18H,1-3,6,8-10,12-13H2,(H,20,21). The highest BCUT2D eigenvalue weighted by Crippen LogP contribution is 2.41. The first kappa shape index (κ1) is 14.6. The van der Waals surface area contributed by atoms with Crippen molar-refractivity contribution in [2.45, 2.75) is 63.7 Å². The third kappa shape index (κ3) is 3.30. The van der Waals surface area contributed by atoms with Gasteiger partial charge in [-0.2, -0.15) is 0 Å². The summed E-state index contributed by atoms with van der Waals surface area (Å²) in [4.78, 5) is 11.6. The fourth-order valence-corrected chi connectivity index (χ4v) is 4.46. The van der Waals surface area contributed by atoms with Gasteiger partial charge in [0.15, 0.2) is 0 Å². The second-order valence-electron chi connectivity index (χ2n) is 6.87. The van der Waals surface area contributed by atoms with Crippen LogP contribution >= 0.6 is 0 Å². The van der Waals surface area contributed by atoms with Crippen molar-refractivity contribution in [1.29, 1.82) is 0 Å². The van der Waals surface area contributed by atoms with Crippen LogP contribution in [-0.4, -0.2) is 11.1 Å². The molecule has 1 N–H and O–H groups in total. The molecule has 1 saturated carbocycles. The van der Waals surface area contributed by atoms with E-state index in [1.165, 1.54) is 43.2 Å². The first-order valence-corrected chi connectivity index (χ1v) is 8.56. The van der Waals surface area contributed by atoms with E-state index >= 15 is 0 Å². The summed E-state index contributed by atoms with van der Waals surface area (Å²) in [7, 11) is 0. The van der Waals surface area contributed by atoms with Crippen LogP contribution in [0.1, 0.15) is 68.4 Å². The maximum atomic E-state index is 11.6. The van der Waals surface area contributed by atoms with Crippen molar-refractivity contribution in [1.82, 2.24) is 0 Å². The molecule has 2 aliphatic carbocycles. The van der Waals surface area contributed by atoms with Crippen LogP contribution in [0.2, 0.25) is 0 Å². The Labute approximate surface area is 127 Å². The molecule has 2 nitrogen and oxygen atoms in total. The van der Waals surface area contributed by atoms with Crippen LogP contribution in [0.3, 0.4) is 0 Å². The number of benzene rings is 1. The van der Waals surface area contributed by atoms with E-state index in [2.05, 4.69) is 24.3 Å². The lowest BCUT2D eigenvalue weighted by molar-refractivity contribution is -0.144. The van der Waals surface area contributed by atoms with E-state index in [0.29, 0.717) is 11.8 Å². The van der Waals surface area contributed by atoms with Crippen molar-refractivity contribution in [2.24, 2.45) is 11.8 Å². The Hall–Kier alpha value is -1.31. The molecule has 3 unspecified atom stereocenters. The van der Waals surface area contributed by atoms with Crippen LogP contribution in [-0.2, 0) is 11.2 Å². The highest BCUT2D eigenvalue weighted by molar-refractivity contribution is 5.70. The summed E-state index contributed by atoms with van der Waals surface area (Å²) in [5.41, 5.74) is 2.99. The number of hydrogen-bond donors (Lipinski definition) is 1. The van der Waals surface area contributed by atoms with Crippen molar-refractivity contribution in [3.05, 3.63) is 35.4 Å². The van der Waals surface area contributed by atoms with Gasteiger partial charge in [-0.3, -0.25) is 4.79 Å². The Morgan fingerprint density at radius 3 is 2.71 bits per heavy atom. The number of carboxylic acid groups (broad SMARTS) is 1. The summed E-state index contributed by atoms with van der Waals surface area (Å²) in [6.07, 6.45) is 10.3. The normalized spacial score (nSPS) is 29.4. The van der Waals surface area contributed by atoms with Crippen molar-refractivity contribution in [3.8, 4) is 0 Å². The van der Waals surface area contributed by atoms with Gasteiger partial charge in [0.05, 0.1) is 5.92 Å². The first-order valence-electron chi connectivity index (χ1n) is 8.56. The molecular weight excluding hydrogens is 260 g/mol. The van der Waals surface area contributed by atoms with Gasteiger partial charge in [-0.1, -0.05) is 43.5 Å². The summed E-state index contributed by atoms with van der Waals surface area (Å²) < 4.78 is 0. The van der Waals surface area contributed by atoms with Crippen LogP contribution in [0, 0.1) is 11.8 Å². The molecule has 21 heavy (non-hydrogen) atoms. The van der Waals surface area contributed by atoms with Crippen molar-refractivity contribution in [3.63, 3.8) is 0 Å². The van der Waals surface area contributed by atoms with Crippen LogP contribution < -0.4 is 0 Å². The molecule has 114 valence electrons. The van der Waals surface area contributed by atoms with Crippen LogP contribution in [0.25, 0.3) is 0 Å². The number of carbonyl (C=O) groups is 1. The molecule has 0 amide bonds. The Bertz CT molecular complexity index is 494. The van der Waals surface area contributed by atoms with E-state index in [9.17, 15) is 9.90 Å². The third-order valence-corrected chi connectivity index (χ3v) is 5.56. The lowest BCUT2D eigenvalue weighted by Crippen LogP contribution is -2.25. The van der Waals surface area contributed by atoms with Gasteiger partial charge in [-0.15, -0.1) is 0 Å². The predicted molar refractivity (Wildman–Crippen MR) is 84.4 cm³/mol. The first-order chi connectivity index (χ1) is 10.3. The molecule has 0 heterocycles. The van der Waals surface area contributed by atoms with Crippen LogP contribution in [0.5, 0.6) is 0 Å². The SMILES string of the molecule is O=C(O)C1CCCCCC1CC1CCCc2ccccc21. The van der Waals surface area contributed by atoms with E-state index in [0.717, 1.165) is 25.7 Å². The molecule has 1 fully saturated rings. The number of rotatable bonds is 3. The number of aliphatic carboxylic acids is 1. The Morgan fingerprint density at radius 1 is 1.05 bits per heavy atom. The molecule has 0 aliphatic heterocycles. The Balaban J connectivity index is 1.77. The predicted octanol–water partition coefficient (Wildman–Crippen LogP) is 4.78. The molecule has 3 atom stereocenters. The van der Waals surface area contributed by atoms with Crippen LogP contribution in [0.15, 0.2) is 24.3 Å². The number of fused-ring (bicyclic) bond motifs is 1. The van der Waals surface area contributed by atoms with Gasteiger partial charge < -0.3 is 5.11 Å². The zero-order valence-electron chi connectivity index (χ0n) is 12.8. The second-order valence-corrected chi connectivity index (χ2v) is 6.87. The maximum Gasteiger partial charge on any atom is 0.306 e. The monoisotopic (exact) mass is 286 g/mol. The lowest BCUT2D eigenvalue weighted by Gasteiger charge is -2.31. The molecule has 0 saturated heterocycles. The minimum Gasteiger partial charge on any atom is -0.481 e. The van der Waals surface area contributed by atoms with Gasteiger partial charge in [-0.05, 0) is 61.5 Å². The minimum absolute atomic E-state index is 0.110. The molecule has 2 heteroatoms. The molecule has 1 aromatic carbocycles. The van der Waals surface area contributed by atoms with Crippen molar-refractivity contribution < 1.29 is 9.90 Å². The average Bonchev–Trinajstić information content (AvgIpc) is 2.73. The lowest BCUT2D eigenvalue weighted by atomic mass is 9.74. The molecule has 0 bridgehead atoms. The van der Waals surface area contributed by atoms with E-state index in [1.54, 1.807) is 0 Å². The topological polar surface area (TPSA) is 37.3 Å². The zero-order valence-corrected chi connectivity index (χ0v) is 12.8. The minimum atomic E-state index is -0.564.